The van der Waals surface area contributed by atoms with E-state index in [1.165, 1.54) is 6.08 Å². The summed E-state index contributed by atoms with van der Waals surface area (Å²) in [5.74, 6) is -0.0355. The molecule has 2 atom stereocenters. The van der Waals surface area contributed by atoms with Crippen molar-refractivity contribution >= 4 is 5.91 Å². The summed E-state index contributed by atoms with van der Waals surface area (Å²) in [6, 6.07) is 0. The van der Waals surface area contributed by atoms with Gasteiger partial charge in [0.15, 0.2) is 0 Å². The molecular formula is C12H19NO3. The maximum Gasteiger partial charge on any atom is 0.246 e. The van der Waals surface area contributed by atoms with Gasteiger partial charge in [-0.3, -0.25) is 4.79 Å². The number of allylic oxidation sites excluding steroid dienone is 3. The van der Waals surface area contributed by atoms with Crippen LogP contribution in [0.25, 0.3) is 0 Å². The van der Waals surface area contributed by atoms with Crippen LogP contribution in [-0.4, -0.2) is 47.8 Å². The molecule has 1 aliphatic heterocycles. The molecule has 0 aromatic carbocycles. The fourth-order valence-corrected chi connectivity index (χ4v) is 1.68. The zero-order chi connectivity index (χ0) is 12.0. The Morgan fingerprint density at radius 3 is 2.88 bits per heavy atom. The van der Waals surface area contributed by atoms with Gasteiger partial charge in [0.05, 0.1) is 18.8 Å². The lowest BCUT2D eigenvalue weighted by Crippen LogP contribution is -2.49. The first kappa shape index (κ1) is 12.9. The molecule has 0 spiro atoms. The Balaban J connectivity index is 2.54. The lowest BCUT2D eigenvalue weighted by atomic mass is 10.2. The van der Waals surface area contributed by atoms with Crippen LogP contribution in [0.3, 0.4) is 0 Å². The first-order valence-corrected chi connectivity index (χ1v) is 5.52. The lowest BCUT2D eigenvalue weighted by Gasteiger charge is -2.35. The van der Waals surface area contributed by atoms with Gasteiger partial charge in [0.1, 0.15) is 0 Å². The number of hydrogen-bond acceptors (Lipinski definition) is 3. The van der Waals surface area contributed by atoms with Crippen molar-refractivity contribution in [2.75, 3.05) is 19.7 Å². The van der Waals surface area contributed by atoms with Crippen molar-refractivity contribution in [1.29, 1.82) is 0 Å². The minimum Gasteiger partial charge on any atom is -0.394 e. The van der Waals surface area contributed by atoms with E-state index in [0.717, 1.165) is 0 Å². The third-order valence-corrected chi connectivity index (χ3v) is 2.38. The number of ether oxygens (including phenoxy) is 1. The van der Waals surface area contributed by atoms with Gasteiger partial charge in [0.25, 0.3) is 0 Å². The Morgan fingerprint density at radius 2 is 2.25 bits per heavy atom. The monoisotopic (exact) mass is 225 g/mol. The number of amides is 1. The number of nitrogens with zero attached hydrogens (tertiary/aromatic N) is 1. The van der Waals surface area contributed by atoms with Crippen LogP contribution in [0.15, 0.2) is 24.3 Å². The SMILES string of the molecule is CC=CC=CC(=O)N1CC(C)OC(CO)C1. The van der Waals surface area contributed by atoms with Crippen LogP contribution in [0.4, 0.5) is 0 Å². The van der Waals surface area contributed by atoms with E-state index in [9.17, 15) is 4.79 Å². The number of morpholine rings is 1. The molecule has 0 radical (unpaired) electrons. The van der Waals surface area contributed by atoms with E-state index in [4.69, 9.17) is 9.84 Å². The van der Waals surface area contributed by atoms with E-state index in [-0.39, 0.29) is 24.7 Å². The first-order chi connectivity index (χ1) is 7.67. The molecule has 1 heterocycles. The molecule has 0 aromatic heterocycles. The Morgan fingerprint density at radius 1 is 1.50 bits per heavy atom. The molecular weight excluding hydrogens is 206 g/mol. The predicted octanol–water partition coefficient (Wildman–Crippen LogP) is 0.727. The fourth-order valence-electron chi connectivity index (χ4n) is 1.68. The standard InChI is InChI=1S/C12H19NO3/c1-3-4-5-6-12(15)13-7-10(2)16-11(8-13)9-14/h3-6,10-11,14H,7-9H2,1-2H3. The van der Waals surface area contributed by atoms with Gasteiger partial charge in [0, 0.05) is 19.2 Å². The van der Waals surface area contributed by atoms with Crippen molar-refractivity contribution in [3.05, 3.63) is 24.3 Å². The van der Waals surface area contributed by atoms with E-state index >= 15 is 0 Å². The summed E-state index contributed by atoms with van der Waals surface area (Å²) in [5, 5.41) is 9.03. The van der Waals surface area contributed by atoms with Crippen molar-refractivity contribution < 1.29 is 14.6 Å². The van der Waals surface area contributed by atoms with Crippen LogP contribution in [0.2, 0.25) is 0 Å². The molecule has 2 unspecified atom stereocenters. The number of carbonyl (C=O) groups is 1. The van der Waals surface area contributed by atoms with Crippen molar-refractivity contribution in [2.45, 2.75) is 26.1 Å². The molecule has 16 heavy (non-hydrogen) atoms. The van der Waals surface area contributed by atoms with Crippen LogP contribution >= 0.6 is 0 Å². The molecule has 1 N–H and O–H groups in total. The highest BCUT2D eigenvalue weighted by Gasteiger charge is 2.26. The largest absolute Gasteiger partial charge is 0.394 e. The van der Waals surface area contributed by atoms with E-state index in [1.807, 2.05) is 26.0 Å². The number of aliphatic hydroxyl groups excluding tert-OH is 1. The van der Waals surface area contributed by atoms with Crippen LogP contribution in [0.5, 0.6) is 0 Å². The molecule has 4 heteroatoms. The van der Waals surface area contributed by atoms with Crippen LogP contribution in [-0.2, 0) is 9.53 Å². The number of aliphatic hydroxyl groups is 1. The average molecular weight is 225 g/mol. The highest BCUT2D eigenvalue weighted by Crippen LogP contribution is 2.11. The molecule has 0 aromatic rings. The Kier molecular flexibility index (Phi) is 5.22. The second kappa shape index (κ2) is 6.45. The quantitative estimate of drug-likeness (QED) is 0.569. The second-order valence-corrected chi connectivity index (χ2v) is 3.88. The number of carbonyl (C=O) groups excluding carboxylic acids is 1. The van der Waals surface area contributed by atoms with Gasteiger partial charge in [-0.2, -0.15) is 0 Å². The molecule has 1 aliphatic rings. The first-order valence-electron chi connectivity index (χ1n) is 5.52. The smallest absolute Gasteiger partial charge is 0.246 e. The minimum atomic E-state index is -0.261. The van der Waals surface area contributed by atoms with Gasteiger partial charge < -0.3 is 14.7 Å². The van der Waals surface area contributed by atoms with E-state index in [1.54, 1.807) is 11.0 Å². The summed E-state index contributed by atoms with van der Waals surface area (Å²) >= 11 is 0. The Hall–Kier alpha value is -1.13. The van der Waals surface area contributed by atoms with Gasteiger partial charge in [-0.05, 0) is 13.8 Å². The predicted molar refractivity (Wildman–Crippen MR) is 62.0 cm³/mol. The van der Waals surface area contributed by atoms with Gasteiger partial charge in [-0.15, -0.1) is 0 Å². The van der Waals surface area contributed by atoms with Crippen molar-refractivity contribution in [2.24, 2.45) is 0 Å². The molecule has 1 rings (SSSR count). The van der Waals surface area contributed by atoms with Crippen LogP contribution in [0, 0.1) is 0 Å². The highest BCUT2D eigenvalue weighted by atomic mass is 16.5. The minimum absolute atomic E-state index is 0.0232. The van der Waals surface area contributed by atoms with Gasteiger partial charge in [0.2, 0.25) is 5.91 Å². The topological polar surface area (TPSA) is 49.8 Å². The van der Waals surface area contributed by atoms with Crippen molar-refractivity contribution in [1.82, 2.24) is 4.90 Å². The summed E-state index contributed by atoms with van der Waals surface area (Å²) in [5.41, 5.74) is 0. The maximum absolute atomic E-state index is 11.7. The molecule has 0 bridgehead atoms. The summed E-state index contributed by atoms with van der Waals surface area (Å²) in [6.45, 7) is 4.78. The van der Waals surface area contributed by atoms with Crippen LogP contribution in [0.1, 0.15) is 13.8 Å². The molecule has 0 aliphatic carbocycles. The number of hydrogen-bond donors (Lipinski definition) is 1. The molecule has 1 amide bonds. The number of rotatable bonds is 3. The van der Waals surface area contributed by atoms with Crippen molar-refractivity contribution in [3.63, 3.8) is 0 Å². The van der Waals surface area contributed by atoms with Gasteiger partial charge >= 0.3 is 0 Å². The third kappa shape index (κ3) is 3.79. The zero-order valence-corrected chi connectivity index (χ0v) is 9.80. The third-order valence-electron chi connectivity index (χ3n) is 2.38. The zero-order valence-electron chi connectivity index (χ0n) is 9.80. The summed E-state index contributed by atoms with van der Waals surface area (Å²) < 4.78 is 5.46. The van der Waals surface area contributed by atoms with E-state index in [2.05, 4.69) is 0 Å². The van der Waals surface area contributed by atoms with E-state index < -0.39 is 0 Å². The fraction of sp³-hybridized carbons (Fsp3) is 0.583. The Labute approximate surface area is 96.2 Å². The highest BCUT2D eigenvalue weighted by molar-refractivity contribution is 5.88. The molecule has 90 valence electrons. The Bertz CT molecular complexity index is 286. The molecule has 1 saturated heterocycles. The summed E-state index contributed by atoms with van der Waals surface area (Å²) in [4.78, 5) is 13.5. The average Bonchev–Trinajstić information content (AvgIpc) is 2.28. The van der Waals surface area contributed by atoms with Gasteiger partial charge in [-0.25, -0.2) is 0 Å². The molecule has 4 nitrogen and oxygen atoms in total. The van der Waals surface area contributed by atoms with E-state index in [0.29, 0.717) is 13.1 Å². The molecule has 1 fully saturated rings. The second-order valence-electron chi connectivity index (χ2n) is 3.88. The van der Waals surface area contributed by atoms with Crippen molar-refractivity contribution in [3.8, 4) is 0 Å². The maximum atomic E-state index is 11.7. The molecule has 0 saturated carbocycles. The summed E-state index contributed by atoms with van der Waals surface area (Å²) in [6.07, 6.45) is 6.64. The lowest BCUT2D eigenvalue weighted by molar-refractivity contribution is -0.142. The normalized spacial score (nSPS) is 26.8. The van der Waals surface area contributed by atoms with Crippen LogP contribution < -0.4 is 0 Å². The summed E-state index contributed by atoms with van der Waals surface area (Å²) in [7, 11) is 0. The van der Waals surface area contributed by atoms with Gasteiger partial charge in [-0.1, -0.05) is 18.2 Å².